The van der Waals surface area contributed by atoms with E-state index in [0.717, 1.165) is 5.69 Å². The largest absolute Gasteiger partial charge is 0.480 e. The van der Waals surface area contributed by atoms with Crippen molar-refractivity contribution in [2.75, 3.05) is 18.0 Å². The van der Waals surface area contributed by atoms with Gasteiger partial charge in [-0.2, -0.15) is 0 Å². The van der Waals surface area contributed by atoms with Crippen LogP contribution < -0.4 is 4.90 Å². The van der Waals surface area contributed by atoms with Crippen LogP contribution in [0.2, 0.25) is 5.02 Å². The molecule has 0 radical (unpaired) electrons. The fraction of sp³-hybridized carbons (Fsp3) is 0.250. The quantitative estimate of drug-likeness (QED) is 0.817. The van der Waals surface area contributed by atoms with Gasteiger partial charge in [0.05, 0.1) is 6.54 Å². The van der Waals surface area contributed by atoms with Crippen molar-refractivity contribution < 1.29 is 9.90 Å². The summed E-state index contributed by atoms with van der Waals surface area (Å²) in [6, 6.07) is 7.06. The molecule has 0 unspecified atom stereocenters. The smallest absolute Gasteiger partial charge is 0.323 e. The molecule has 1 rings (SSSR count). The van der Waals surface area contributed by atoms with Crippen molar-refractivity contribution in [1.29, 1.82) is 0 Å². The summed E-state index contributed by atoms with van der Waals surface area (Å²) >= 11 is 5.85. The van der Waals surface area contributed by atoms with Crippen molar-refractivity contribution in [3.05, 3.63) is 29.3 Å². The Morgan fingerprint density at radius 3 is 2.88 bits per heavy atom. The standard InChI is InChI=1S/C12H12ClNO2/c1-2-3-7-14(9-12(15)16)11-6-4-5-10(13)8-11/h4-6,8H,7,9H2,1H3,(H,15,16). The molecule has 0 aromatic heterocycles. The number of rotatable bonds is 4. The number of carboxylic acids is 1. The summed E-state index contributed by atoms with van der Waals surface area (Å²) in [6.45, 7) is 2.01. The Morgan fingerprint density at radius 1 is 1.56 bits per heavy atom. The Hall–Kier alpha value is -1.66. The lowest BCUT2D eigenvalue weighted by Crippen LogP contribution is -2.29. The Balaban J connectivity index is 2.89. The molecule has 0 heterocycles. The molecule has 0 saturated carbocycles. The van der Waals surface area contributed by atoms with Crippen LogP contribution in [-0.4, -0.2) is 24.2 Å². The van der Waals surface area contributed by atoms with E-state index >= 15 is 0 Å². The Morgan fingerprint density at radius 2 is 2.31 bits per heavy atom. The monoisotopic (exact) mass is 237 g/mol. The first-order chi connectivity index (χ1) is 7.63. The van der Waals surface area contributed by atoms with Gasteiger partial charge in [0, 0.05) is 10.7 Å². The van der Waals surface area contributed by atoms with Crippen LogP contribution in [0.15, 0.2) is 24.3 Å². The molecule has 3 nitrogen and oxygen atoms in total. The molecule has 0 aliphatic heterocycles. The zero-order chi connectivity index (χ0) is 12.0. The van der Waals surface area contributed by atoms with Crippen LogP contribution in [0.5, 0.6) is 0 Å². The van der Waals surface area contributed by atoms with E-state index in [1.807, 2.05) is 6.07 Å². The van der Waals surface area contributed by atoms with Crippen LogP contribution in [0.3, 0.4) is 0 Å². The third-order valence-corrected chi connectivity index (χ3v) is 2.18. The molecule has 1 N–H and O–H groups in total. The van der Waals surface area contributed by atoms with Crippen molar-refractivity contribution in [1.82, 2.24) is 0 Å². The van der Waals surface area contributed by atoms with Gasteiger partial charge >= 0.3 is 5.97 Å². The second kappa shape index (κ2) is 6.04. The molecule has 84 valence electrons. The van der Waals surface area contributed by atoms with E-state index in [0.29, 0.717) is 11.6 Å². The van der Waals surface area contributed by atoms with E-state index in [1.165, 1.54) is 0 Å². The number of hydrogen-bond donors (Lipinski definition) is 1. The number of carbonyl (C=O) groups is 1. The third-order valence-electron chi connectivity index (χ3n) is 1.95. The van der Waals surface area contributed by atoms with Crippen molar-refractivity contribution in [2.24, 2.45) is 0 Å². The lowest BCUT2D eigenvalue weighted by Gasteiger charge is -2.20. The van der Waals surface area contributed by atoms with Gasteiger partial charge < -0.3 is 10.0 Å². The number of carboxylic acid groups (broad SMARTS) is 1. The highest BCUT2D eigenvalue weighted by Crippen LogP contribution is 2.18. The molecule has 0 amide bonds. The molecule has 1 aromatic rings. The maximum atomic E-state index is 10.7. The van der Waals surface area contributed by atoms with E-state index in [4.69, 9.17) is 16.7 Å². The van der Waals surface area contributed by atoms with Crippen LogP contribution in [0, 0.1) is 11.8 Å². The van der Waals surface area contributed by atoms with Crippen LogP contribution in [0.1, 0.15) is 6.92 Å². The maximum Gasteiger partial charge on any atom is 0.323 e. The van der Waals surface area contributed by atoms with Gasteiger partial charge in [-0.15, -0.1) is 5.92 Å². The van der Waals surface area contributed by atoms with Gasteiger partial charge in [0.15, 0.2) is 0 Å². The van der Waals surface area contributed by atoms with E-state index in [2.05, 4.69) is 11.8 Å². The predicted octanol–water partition coefficient (Wildman–Crippen LogP) is 2.25. The molecule has 4 heteroatoms. The van der Waals surface area contributed by atoms with Gasteiger partial charge in [-0.3, -0.25) is 4.79 Å². The van der Waals surface area contributed by atoms with E-state index in [-0.39, 0.29) is 6.54 Å². The summed E-state index contributed by atoms with van der Waals surface area (Å²) in [4.78, 5) is 12.4. The molecule has 0 aliphatic carbocycles. The highest BCUT2D eigenvalue weighted by Gasteiger charge is 2.09. The molecule has 1 aromatic carbocycles. The summed E-state index contributed by atoms with van der Waals surface area (Å²) < 4.78 is 0. The minimum Gasteiger partial charge on any atom is -0.480 e. The van der Waals surface area contributed by atoms with Gasteiger partial charge in [0.25, 0.3) is 0 Å². The van der Waals surface area contributed by atoms with Crippen LogP contribution in [-0.2, 0) is 4.79 Å². The number of anilines is 1. The first-order valence-corrected chi connectivity index (χ1v) is 5.13. The van der Waals surface area contributed by atoms with Crippen LogP contribution in [0.25, 0.3) is 0 Å². The highest BCUT2D eigenvalue weighted by molar-refractivity contribution is 6.30. The summed E-state index contributed by atoms with van der Waals surface area (Å²) in [7, 11) is 0. The lowest BCUT2D eigenvalue weighted by molar-refractivity contribution is -0.135. The molecular formula is C12H12ClNO2. The van der Waals surface area contributed by atoms with Gasteiger partial charge in [-0.05, 0) is 25.1 Å². The first-order valence-electron chi connectivity index (χ1n) is 4.75. The minimum absolute atomic E-state index is 0.0883. The maximum absolute atomic E-state index is 10.7. The number of nitrogens with zero attached hydrogens (tertiary/aromatic N) is 1. The summed E-state index contributed by atoms with van der Waals surface area (Å²) in [5.41, 5.74) is 0.762. The summed E-state index contributed by atoms with van der Waals surface area (Å²) in [5.74, 6) is 4.69. The summed E-state index contributed by atoms with van der Waals surface area (Å²) in [5, 5.41) is 9.37. The zero-order valence-corrected chi connectivity index (χ0v) is 9.66. The highest BCUT2D eigenvalue weighted by atomic mass is 35.5. The zero-order valence-electron chi connectivity index (χ0n) is 8.90. The van der Waals surface area contributed by atoms with Gasteiger partial charge in [-0.25, -0.2) is 0 Å². The molecule has 0 bridgehead atoms. The van der Waals surface area contributed by atoms with Gasteiger partial charge in [-0.1, -0.05) is 23.6 Å². The second-order valence-corrected chi connectivity index (χ2v) is 3.59. The van der Waals surface area contributed by atoms with Crippen molar-refractivity contribution in [2.45, 2.75) is 6.92 Å². The average Bonchev–Trinajstić information content (AvgIpc) is 2.23. The fourth-order valence-corrected chi connectivity index (χ4v) is 1.43. The predicted molar refractivity (Wildman–Crippen MR) is 64.8 cm³/mol. The van der Waals surface area contributed by atoms with E-state index < -0.39 is 5.97 Å². The van der Waals surface area contributed by atoms with Crippen molar-refractivity contribution in [3.63, 3.8) is 0 Å². The third kappa shape index (κ3) is 3.84. The normalized spacial score (nSPS) is 9.12. The number of hydrogen-bond acceptors (Lipinski definition) is 2. The van der Waals surface area contributed by atoms with Crippen molar-refractivity contribution >= 4 is 23.3 Å². The lowest BCUT2D eigenvalue weighted by atomic mass is 10.3. The first kappa shape index (κ1) is 12.4. The molecule has 0 saturated heterocycles. The molecule has 0 fully saturated rings. The fourth-order valence-electron chi connectivity index (χ4n) is 1.25. The average molecular weight is 238 g/mol. The Kier molecular flexibility index (Phi) is 4.68. The van der Waals surface area contributed by atoms with E-state index in [9.17, 15) is 4.79 Å². The van der Waals surface area contributed by atoms with Crippen LogP contribution in [0.4, 0.5) is 5.69 Å². The topological polar surface area (TPSA) is 40.5 Å². The molecule has 16 heavy (non-hydrogen) atoms. The molecule has 0 spiro atoms. The molecule has 0 atom stereocenters. The molecule has 0 aliphatic rings. The van der Waals surface area contributed by atoms with Gasteiger partial charge in [0.1, 0.15) is 6.54 Å². The number of benzene rings is 1. The minimum atomic E-state index is -0.891. The Bertz CT molecular complexity index is 434. The SMILES string of the molecule is CC#CCN(CC(=O)O)c1cccc(Cl)c1. The second-order valence-electron chi connectivity index (χ2n) is 3.16. The van der Waals surface area contributed by atoms with Crippen LogP contribution >= 0.6 is 11.6 Å². The Labute approximate surface area is 99.6 Å². The van der Waals surface area contributed by atoms with Gasteiger partial charge in [0.2, 0.25) is 0 Å². The molecular weight excluding hydrogens is 226 g/mol. The number of halogens is 1. The van der Waals surface area contributed by atoms with Crippen molar-refractivity contribution in [3.8, 4) is 11.8 Å². The summed E-state index contributed by atoms with van der Waals surface area (Å²) in [6.07, 6.45) is 0. The van der Waals surface area contributed by atoms with E-state index in [1.54, 1.807) is 30.0 Å². The number of aliphatic carboxylic acids is 1.